The SMILES string of the molecule is CCCC/C=C/C1=C(O)c2cccc(OC)c2C(=O)C1=O. The molecular formula is C17H18O4. The second-order valence-electron chi connectivity index (χ2n) is 4.85. The second kappa shape index (κ2) is 6.39. The smallest absolute Gasteiger partial charge is 0.238 e. The quantitative estimate of drug-likeness (QED) is 0.665. The van der Waals surface area contributed by atoms with Crippen LogP contribution in [0.5, 0.6) is 5.75 Å². The number of fused-ring (bicyclic) bond motifs is 1. The third kappa shape index (κ3) is 2.75. The number of ketones is 2. The summed E-state index contributed by atoms with van der Waals surface area (Å²) in [4.78, 5) is 24.4. The summed E-state index contributed by atoms with van der Waals surface area (Å²) in [5.41, 5.74) is 0.527. The van der Waals surface area contributed by atoms with E-state index in [4.69, 9.17) is 4.74 Å². The number of carbonyl (C=O) groups excluding carboxylic acids is 2. The number of unbranched alkanes of at least 4 members (excludes halogenated alkanes) is 2. The van der Waals surface area contributed by atoms with Gasteiger partial charge in [0.2, 0.25) is 11.6 Å². The zero-order chi connectivity index (χ0) is 15.4. The fraction of sp³-hybridized carbons (Fsp3) is 0.294. The first kappa shape index (κ1) is 15.0. The highest BCUT2D eigenvalue weighted by molar-refractivity contribution is 6.53. The first-order chi connectivity index (χ1) is 10.1. The van der Waals surface area contributed by atoms with Crippen LogP contribution in [0.2, 0.25) is 0 Å². The minimum Gasteiger partial charge on any atom is -0.507 e. The third-order valence-corrected chi connectivity index (χ3v) is 3.44. The number of carbonyl (C=O) groups is 2. The van der Waals surface area contributed by atoms with Crippen LogP contribution in [-0.2, 0) is 4.79 Å². The lowest BCUT2D eigenvalue weighted by atomic mass is 9.87. The van der Waals surface area contributed by atoms with Crippen LogP contribution in [0, 0.1) is 0 Å². The van der Waals surface area contributed by atoms with E-state index in [0.29, 0.717) is 11.3 Å². The molecular weight excluding hydrogens is 268 g/mol. The zero-order valence-electron chi connectivity index (χ0n) is 12.2. The Kier molecular flexibility index (Phi) is 4.58. The molecule has 1 aliphatic carbocycles. The molecule has 0 fully saturated rings. The summed E-state index contributed by atoms with van der Waals surface area (Å²) >= 11 is 0. The number of allylic oxidation sites excluding steroid dienone is 3. The third-order valence-electron chi connectivity index (χ3n) is 3.44. The minimum atomic E-state index is -0.697. The van der Waals surface area contributed by atoms with E-state index < -0.39 is 11.6 Å². The average Bonchev–Trinajstić information content (AvgIpc) is 2.51. The maximum absolute atomic E-state index is 12.2. The molecule has 0 amide bonds. The van der Waals surface area contributed by atoms with Gasteiger partial charge in [0.25, 0.3) is 0 Å². The molecule has 1 aromatic carbocycles. The van der Waals surface area contributed by atoms with Gasteiger partial charge in [-0.3, -0.25) is 9.59 Å². The molecule has 4 nitrogen and oxygen atoms in total. The normalized spacial score (nSPS) is 14.8. The molecule has 0 saturated carbocycles. The first-order valence-corrected chi connectivity index (χ1v) is 6.98. The molecule has 0 aromatic heterocycles. The van der Waals surface area contributed by atoms with E-state index in [1.165, 1.54) is 13.2 Å². The molecule has 1 aromatic rings. The van der Waals surface area contributed by atoms with Gasteiger partial charge in [0.05, 0.1) is 18.2 Å². The summed E-state index contributed by atoms with van der Waals surface area (Å²) in [6, 6.07) is 4.88. The van der Waals surface area contributed by atoms with Crippen molar-refractivity contribution >= 4 is 17.3 Å². The van der Waals surface area contributed by atoms with Gasteiger partial charge in [-0.05, 0) is 12.5 Å². The van der Waals surface area contributed by atoms with Gasteiger partial charge in [-0.25, -0.2) is 0 Å². The number of Topliss-reactive ketones (excluding diaryl/α,β-unsaturated/α-hetero) is 2. The Morgan fingerprint density at radius 1 is 1.24 bits per heavy atom. The lowest BCUT2D eigenvalue weighted by molar-refractivity contribution is -0.111. The van der Waals surface area contributed by atoms with E-state index in [9.17, 15) is 14.7 Å². The van der Waals surface area contributed by atoms with Crippen LogP contribution in [0.4, 0.5) is 0 Å². The molecule has 0 radical (unpaired) electrons. The number of ether oxygens (including phenoxy) is 1. The highest BCUT2D eigenvalue weighted by atomic mass is 16.5. The summed E-state index contributed by atoms with van der Waals surface area (Å²) in [7, 11) is 1.42. The molecule has 0 heterocycles. The summed E-state index contributed by atoms with van der Waals surface area (Å²) in [6.07, 6.45) is 6.19. The lowest BCUT2D eigenvalue weighted by Gasteiger charge is -2.18. The lowest BCUT2D eigenvalue weighted by Crippen LogP contribution is -2.24. The molecule has 0 bridgehead atoms. The molecule has 4 heteroatoms. The molecule has 1 aliphatic rings. The highest BCUT2D eigenvalue weighted by Crippen LogP contribution is 2.34. The predicted octanol–water partition coefficient (Wildman–Crippen LogP) is 3.48. The minimum absolute atomic E-state index is 0.0526. The number of hydrogen-bond acceptors (Lipinski definition) is 4. The second-order valence-corrected chi connectivity index (χ2v) is 4.85. The number of aliphatic hydroxyl groups excluding tert-OH is 1. The Hall–Kier alpha value is -2.36. The van der Waals surface area contributed by atoms with Crippen LogP contribution < -0.4 is 4.74 Å². The molecule has 0 spiro atoms. The van der Waals surface area contributed by atoms with E-state index >= 15 is 0 Å². The predicted molar refractivity (Wildman–Crippen MR) is 80.5 cm³/mol. The van der Waals surface area contributed by atoms with Gasteiger partial charge in [-0.2, -0.15) is 0 Å². The maximum Gasteiger partial charge on any atom is 0.238 e. The summed E-state index contributed by atoms with van der Waals surface area (Å²) < 4.78 is 5.10. The largest absolute Gasteiger partial charge is 0.507 e. The highest BCUT2D eigenvalue weighted by Gasteiger charge is 2.33. The van der Waals surface area contributed by atoms with Crippen LogP contribution in [0.15, 0.2) is 35.9 Å². The number of rotatable bonds is 5. The van der Waals surface area contributed by atoms with Crippen LogP contribution in [0.1, 0.15) is 42.1 Å². The Morgan fingerprint density at radius 3 is 2.67 bits per heavy atom. The number of benzene rings is 1. The van der Waals surface area contributed by atoms with Crippen molar-refractivity contribution in [1.82, 2.24) is 0 Å². The molecule has 0 atom stereocenters. The fourth-order valence-electron chi connectivity index (χ4n) is 2.30. The molecule has 2 rings (SSSR count). The van der Waals surface area contributed by atoms with Crippen molar-refractivity contribution in [3.8, 4) is 5.75 Å². The topological polar surface area (TPSA) is 63.6 Å². The van der Waals surface area contributed by atoms with Gasteiger partial charge < -0.3 is 9.84 Å². The average molecular weight is 286 g/mol. The Balaban J connectivity index is 2.48. The number of aliphatic hydroxyl groups is 1. The molecule has 110 valence electrons. The first-order valence-electron chi connectivity index (χ1n) is 6.98. The van der Waals surface area contributed by atoms with Gasteiger partial charge in [-0.15, -0.1) is 0 Å². The maximum atomic E-state index is 12.2. The van der Waals surface area contributed by atoms with Gasteiger partial charge in [0.15, 0.2) is 0 Å². The van der Waals surface area contributed by atoms with E-state index in [0.717, 1.165) is 19.3 Å². The van der Waals surface area contributed by atoms with Crippen LogP contribution in [0.3, 0.4) is 0 Å². The summed E-state index contributed by atoms with van der Waals surface area (Å²) in [6.45, 7) is 2.07. The Labute approximate surface area is 123 Å². The summed E-state index contributed by atoms with van der Waals surface area (Å²) in [5.74, 6) is -1.21. The van der Waals surface area contributed by atoms with Gasteiger partial charge in [-0.1, -0.05) is 44.1 Å². The van der Waals surface area contributed by atoms with Crippen LogP contribution in [0.25, 0.3) is 5.76 Å². The molecule has 0 aliphatic heterocycles. The van der Waals surface area contributed by atoms with Gasteiger partial charge in [0, 0.05) is 5.56 Å². The van der Waals surface area contributed by atoms with E-state index in [1.807, 2.05) is 6.08 Å². The van der Waals surface area contributed by atoms with Crippen molar-refractivity contribution in [2.24, 2.45) is 0 Å². The number of hydrogen-bond donors (Lipinski definition) is 1. The summed E-state index contributed by atoms with van der Waals surface area (Å²) in [5, 5.41) is 10.3. The van der Waals surface area contributed by atoms with Crippen LogP contribution in [-0.4, -0.2) is 23.8 Å². The van der Waals surface area contributed by atoms with Gasteiger partial charge in [0.1, 0.15) is 11.5 Å². The van der Waals surface area contributed by atoms with E-state index in [1.54, 1.807) is 18.2 Å². The Morgan fingerprint density at radius 2 is 2.00 bits per heavy atom. The van der Waals surface area contributed by atoms with Crippen molar-refractivity contribution in [2.75, 3.05) is 7.11 Å². The van der Waals surface area contributed by atoms with Crippen molar-refractivity contribution in [3.05, 3.63) is 47.1 Å². The monoisotopic (exact) mass is 286 g/mol. The van der Waals surface area contributed by atoms with E-state index in [-0.39, 0.29) is 16.9 Å². The van der Waals surface area contributed by atoms with Crippen LogP contribution >= 0.6 is 0 Å². The molecule has 1 N–H and O–H groups in total. The van der Waals surface area contributed by atoms with Crippen molar-refractivity contribution in [1.29, 1.82) is 0 Å². The number of methoxy groups -OCH3 is 1. The molecule has 0 unspecified atom stereocenters. The van der Waals surface area contributed by atoms with Crippen molar-refractivity contribution in [3.63, 3.8) is 0 Å². The fourth-order valence-corrected chi connectivity index (χ4v) is 2.30. The standard InChI is InChI=1S/C17H18O4/c1-3-4-5-6-8-12-15(18)11-9-7-10-13(21-2)14(11)17(20)16(12)19/h6-10,18H,3-5H2,1-2H3/b8-6+. The van der Waals surface area contributed by atoms with Crippen molar-refractivity contribution < 1.29 is 19.4 Å². The Bertz CT molecular complexity index is 638. The van der Waals surface area contributed by atoms with E-state index in [2.05, 4.69) is 6.92 Å². The van der Waals surface area contributed by atoms with Crippen molar-refractivity contribution in [2.45, 2.75) is 26.2 Å². The van der Waals surface area contributed by atoms with Gasteiger partial charge >= 0.3 is 0 Å². The molecule has 21 heavy (non-hydrogen) atoms. The zero-order valence-corrected chi connectivity index (χ0v) is 12.2. The molecule has 0 saturated heterocycles.